The molecule has 1 aromatic rings. The molecule has 0 saturated heterocycles. The van der Waals surface area contributed by atoms with Gasteiger partial charge in [-0.3, -0.25) is 4.90 Å². The number of ether oxygens (including phenoxy) is 2. The summed E-state index contributed by atoms with van der Waals surface area (Å²) in [7, 11) is 3.90. The van der Waals surface area contributed by atoms with Crippen molar-refractivity contribution in [1.82, 2.24) is 4.90 Å². The van der Waals surface area contributed by atoms with E-state index in [2.05, 4.69) is 31.0 Å². The number of hydrogen-bond acceptors (Lipinski definition) is 4. The monoisotopic (exact) mass is 320 g/mol. The van der Waals surface area contributed by atoms with Gasteiger partial charge in [0.15, 0.2) is 11.5 Å². The van der Waals surface area contributed by atoms with E-state index in [1.807, 2.05) is 6.07 Å². The minimum atomic E-state index is 0.230. The molecule has 1 aromatic carbocycles. The van der Waals surface area contributed by atoms with Crippen LogP contribution in [0.2, 0.25) is 0 Å². The fraction of sp³-hybridized carbons (Fsp3) is 0.684. The maximum absolute atomic E-state index is 6.12. The molecule has 23 heavy (non-hydrogen) atoms. The summed E-state index contributed by atoms with van der Waals surface area (Å²) >= 11 is 0. The molecule has 0 spiro atoms. The molecule has 1 saturated carbocycles. The summed E-state index contributed by atoms with van der Waals surface area (Å²) in [5.41, 5.74) is 7.33. The van der Waals surface area contributed by atoms with Crippen LogP contribution in [0.4, 0.5) is 0 Å². The molecule has 1 fully saturated rings. The first kappa shape index (κ1) is 18.1. The van der Waals surface area contributed by atoms with Gasteiger partial charge in [-0.2, -0.15) is 0 Å². The van der Waals surface area contributed by atoms with E-state index in [0.717, 1.165) is 17.9 Å². The molecule has 2 rings (SSSR count). The van der Waals surface area contributed by atoms with Gasteiger partial charge in [0.05, 0.1) is 13.7 Å². The lowest BCUT2D eigenvalue weighted by Crippen LogP contribution is -2.39. The van der Waals surface area contributed by atoms with Crippen LogP contribution in [0.5, 0.6) is 11.5 Å². The fourth-order valence-corrected chi connectivity index (χ4v) is 3.51. The molecule has 0 amide bonds. The average molecular weight is 320 g/mol. The normalized spacial score (nSPS) is 17.3. The molecule has 1 unspecified atom stereocenters. The van der Waals surface area contributed by atoms with Gasteiger partial charge in [-0.1, -0.05) is 32.3 Å². The third-order valence-electron chi connectivity index (χ3n) is 4.90. The second kappa shape index (κ2) is 9.14. The van der Waals surface area contributed by atoms with Crippen LogP contribution >= 0.6 is 0 Å². The summed E-state index contributed by atoms with van der Waals surface area (Å²) in [6, 6.07) is 7.09. The van der Waals surface area contributed by atoms with Crippen LogP contribution in [0.25, 0.3) is 0 Å². The van der Waals surface area contributed by atoms with Gasteiger partial charge in [-0.15, -0.1) is 0 Å². The van der Waals surface area contributed by atoms with E-state index in [4.69, 9.17) is 15.2 Å². The summed E-state index contributed by atoms with van der Waals surface area (Å²) < 4.78 is 11.3. The predicted molar refractivity (Wildman–Crippen MR) is 95.2 cm³/mol. The molecule has 130 valence electrons. The van der Waals surface area contributed by atoms with Gasteiger partial charge in [0.1, 0.15) is 0 Å². The highest BCUT2D eigenvalue weighted by atomic mass is 16.5. The Bertz CT molecular complexity index is 472. The molecule has 4 heteroatoms. The number of methoxy groups -OCH3 is 1. The Morgan fingerprint density at radius 3 is 2.57 bits per heavy atom. The zero-order valence-electron chi connectivity index (χ0n) is 14.9. The number of likely N-dealkylation sites (N-methyl/N-ethyl adjacent to an activating group) is 1. The third-order valence-corrected chi connectivity index (χ3v) is 4.90. The van der Waals surface area contributed by atoms with Crippen molar-refractivity contribution in [2.24, 2.45) is 5.73 Å². The van der Waals surface area contributed by atoms with Gasteiger partial charge < -0.3 is 15.2 Å². The lowest BCUT2D eigenvalue weighted by Gasteiger charge is -2.37. The van der Waals surface area contributed by atoms with Crippen LogP contribution in [0.15, 0.2) is 18.2 Å². The first-order chi connectivity index (χ1) is 11.2. The largest absolute Gasteiger partial charge is 0.493 e. The Balaban J connectivity index is 2.18. The Kier molecular flexibility index (Phi) is 7.18. The Hall–Kier alpha value is -1.26. The van der Waals surface area contributed by atoms with Crippen molar-refractivity contribution >= 4 is 0 Å². The molecule has 1 atom stereocenters. The Morgan fingerprint density at radius 2 is 1.96 bits per heavy atom. The molecule has 0 radical (unpaired) electrons. The molecular formula is C19H32N2O2. The summed E-state index contributed by atoms with van der Waals surface area (Å²) in [5.74, 6) is 1.61. The second-order valence-corrected chi connectivity index (χ2v) is 6.47. The van der Waals surface area contributed by atoms with E-state index >= 15 is 0 Å². The van der Waals surface area contributed by atoms with Crippen LogP contribution in [0.3, 0.4) is 0 Å². The van der Waals surface area contributed by atoms with E-state index in [0.29, 0.717) is 19.2 Å². The van der Waals surface area contributed by atoms with Crippen molar-refractivity contribution in [3.05, 3.63) is 23.8 Å². The molecule has 4 nitrogen and oxygen atoms in total. The smallest absolute Gasteiger partial charge is 0.161 e. The number of benzene rings is 1. The van der Waals surface area contributed by atoms with Crippen molar-refractivity contribution in [2.75, 3.05) is 27.3 Å². The summed E-state index contributed by atoms with van der Waals surface area (Å²) in [6.07, 6.45) is 7.58. The van der Waals surface area contributed by atoms with Gasteiger partial charge in [-0.05, 0) is 44.0 Å². The van der Waals surface area contributed by atoms with Gasteiger partial charge >= 0.3 is 0 Å². The van der Waals surface area contributed by atoms with Crippen molar-refractivity contribution in [3.8, 4) is 11.5 Å². The van der Waals surface area contributed by atoms with Crippen molar-refractivity contribution < 1.29 is 9.47 Å². The summed E-state index contributed by atoms with van der Waals surface area (Å²) in [4.78, 5) is 2.46. The minimum absolute atomic E-state index is 0.230. The van der Waals surface area contributed by atoms with Crippen molar-refractivity contribution in [1.29, 1.82) is 0 Å². The lowest BCUT2D eigenvalue weighted by molar-refractivity contribution is 0.140. The third kappa shape index (κ3) is 4.61. The van der Waals surface area contributed by atoms with Crippen molar-refractivity contribution in [2.45, 2.75) is 57.5 Å². The molecule has 0 aromatic heterocycles. The molecule has 0 aliphatic heterocycles. The lowest BCUT2D eigenvalue weighted by atomic mass is 9.92. The zero-order chi connectivity index (χ0) is 16.7. The highest BCUT2D eigenvalue weighted by Crippen LogP contribution is 2.34. The van der Waals surface area contributed by atoms with Gasteiger partial charge in [0, 0.05) is 18.6 Å². The maximum atomic E-state index is 6.12. The first-order valence-electron chi connectivity index (χ1n) is 8.94. The van der Waals surface area contributed by atoms with Gasteiger partial charge in [0.25, 0.3) is 0 Å². The van der Waals surface area contributed by atoms with Crippen LogP contribution < -0.4 is 15.2 Å². The van der Waals surface area contributed by atoms with E-state index in [-0.39, 0.29) is 6.04 Å². The van der Waals surface area contributed by atoms with Crippen molar-refractivity contribution in [3.63, 3.8) is 0 Å². The zero-order valence-corrected chi connectivity index (χ0v) is 14.9. The van der Waals surface area contributed by atoms with Crippen LogP contribution in [-0.4, -0.2) is 38.3 Å². The fourth-order valence-electron chi connectivity index (χ4n) is 3.51. The topological polar surface area (TPSA) is 47.7 Å². The number of nitrogens with zero attached hydrogens (tertiary/aromatic N) is 1. The Morgan fingerprint density at radius 1 is 1.22 bits per heavy atom. The number of nitrogens with two attached hydrogens (primary N) is 1. The molecule has 1 aliphatic carbocycles. The molecule has 0 heterocycles. The van der Waals surface area contributed by atoms with E-state index in [9.17, 15) is 0 Å². The quantitative estimate of drug-likeness (QED) is 0.792. The van der Waals surface area contributed by atoms with E-state index < -0.39 is 0 Å². The van der Waals surface area contributed by atoms with Crippen LogP contribution in [0.1, 0.15) is 57.1 Å². The highest BCUT2D eigenvalue weighted by Gasteiger charge is 2.25. The summed E-state index contributed by atoms with van der Waals surface area (Å²) in [5, 5.41) is 0. The molecule has 2 N–H and O–H groups in total. The van der Waals surface area contributed by atoms with Gasteiger partial charge in [0.2, 0.25) is 0 Å². The minimum Gasteiger partial charge on any atom is -0.493 e. The second-order valence-electron chi connectivity index (χ2n) is 6.47. The number of hydrogen-bond donors (Lipinski definition) is 1. The average Bonchev–Trinajstić information content (AvgIpc) is 2.61. The molecule has 0 bridgehead atoms. The Labute approximate surface area is 140 Å². The maximum Gasteiger partial charge on any atom is 0.161 e. The molecular weight excluding hydrogens is 288 g/mol. The number of rotatable bonds is 8. The standard InChI is InChI=1S/C19H32N2O2/c1-4-12-23-19-13-15(10-11-18(19)22-3)17(14-20)21(2)16-8-6-5-7-9-16/h10-11,13,16-17H,4-9,12,14,20H2,1-3H3. The predicted octanol–water partition coefficient (Wildman–Crippen LogP) is 3.75. The summed E-state index contributed by atoms with van der Waals surface area (Å²) in [6.45, 7) is 3.42. The van der Waals surface area contributed by atoms with E-state index in [1.165, 1.54) is 37.7 Å². The highest BCUT2D eigenvalue weighted by molar-refractivity contribution is 5.44. The van der Waals surface area contributed by atoms with Crippen LogP contribution in [-0.2, 0) is 0 Å². The SMILES string of the molecule is CCCOc1cc(C(CN)N(C)C2CCCCC2)ccc1OC. The van der Waals surface area contributed by atoms with E-state index in [1.54, 1.807) is 7.11 Å². The first-order valence-corrected chi connectivity index (χ1v) is 8.94. The molecule has 1 aliphatic rings. The van der Waals surface area contributed by atoms with Crippen LogP contribution in [0, 0.1) is 0 Å². The van der Waals surface area contributed by atoms with Gasteiger partial charge in [-0.25, -0.2) is 0 Å².